The van der Waals surface area contributed by atoms with Crippen molar-refractivity contribution in [2.24, 2.45) is 0 Å². The summed E-state index contributed by atoms with van der Waals surface area (Å²) in [5.41, 5.74) is 3.13. The Bertz CT molecular complexity index is 940. The van der Waals surface area contributed by atoms with Crippen LogP contribution >= 0.6 is 23.2 Å². The van der Waals surface area contributed by atoms with E-state index in [0.717, 1.165) is 41.3 Å². The van der Waals surface area contributed by atoms with Crippen LogP contribution in [-0.2, 0) is 4.79 Å². The minimum absolute atomic E-state index is 0.0186. The molecule has 1 aromatic heterocycles. The third-order valence-electron chi connectivity index (χ3n) is 4.25. The highest BCUT2D eigenvalue weighted by Gasteiger charge is 2.16. The number of pyridine rings is 1. The van der Waals surface area contributed by atoms with Crippen LogP contribution in [0.25, 0.3) is 22.0 Å². The monoisotopic (exact) mass is 386 g/mol. The fraction of sp³-hybridized carbons (Fsp3) is 0.238. The number of hydrogen-bond acceptors (Lipinski definition) is 2. The smallest absolute Gasteiger partial charge is 0.224 e. The molecule has 0 unspecified atom stereocenters. The largest absolute Gasteiger partial charge is 0.324 e. The van der Waals surface area contributed by atoms with Gasteiger partial charge < -0.3 is 5.32 Å². The molecule has 0 bridgehead atoms. The van der Waals surface area contributed by atoms with Gasteiger partial charge in [0, 0.05) is 33.0 Å². The Morgan fingerprint density at radius 2 is 1.92 bits per heavy atom. The lowest BCUT2D eigenvalue weighted by Crippen LogP contribution is -2.12. The molecule has 1 heterocycles. The van der Waals surface area contributed by atoms with Crippen molar-refractivity contribution in [1.29, 1.82) is 0 Å². The average Bonchev–Trinajstić information content (AvgIpc) is 2.62. The maximum absolute atomic E-state index is 12.4. The summed E-state index contributed by atoms with van der Waals surface area (Å²) in [6.45, 7) is 2.12. The SMILES string of the molecule is CCCCCC(=O)Nc1cnc2ccc(Cl)cc2c1-c1ccccc1Cl. The van der Waals surface area contributed by atoms with Crippen LogP contribution in [0.1, 0.15) is 32.6 Å². The highest BCUT2D eigenvalue weighted by atomic mass is 35.5. The van der Waals surface area contributed by atoms with Crippen LogP contribution in [0.2, 0.25) is 10.0 Å². The van der Waals surface area contributed by atoms with E-state index in [-0.39, 0.29) is 5.91 Å². The van der Waals surface area contributed by atoms with Gasteiger partial charge in [0.15, 0.2) is 0 Å². The van der Waals surface area contributed by atoms with Gasteiger partial charge in [-0.15, -0.1) is 0 Å². The second-order valence-corrected chi connectivity index (χ2v) is 7.04. The molecule has 0 aliphatic heterocycles. The van der Waals surface area contributed by atoms with E-state index in [0.29, 0.717) is 22.2 Å². The maximum Gasteiger partial charge on any atom is 0.224 e. The van der Waals surface area contributed by atoms with Crippen molar-refractivity contribution in [2.75, 3.05) is 5.32 Å². The van der Waals surface area contributed by atoms with E-state index in [1.165, 1.54) is 0 Å². The summed E-state index contributed by atoms with van der Waals surface area (Å²) in [7, 11) is 0. The fourth-order valence-corrected chi connectivity index (χ4v) is 3.36. The molecule has 3 rings (SSSR count). The Balaban J connectivity index is 2.09. The Labute approximate surface area is 163 Å². The van der Waals surface area contributed by atoms with E-state index in [4.69, 9.17) is 23.2 Å². The zero-order chi connectivity index (χ0) is 18.5. The van der Waals surface area contributed by atoms with Crippen molar-refractivity contribution in [2.45, 2.75) is 32.6 Å². The van der Waals surface area contributed by atoms with Gasteiger partial charge in [0.05, 0.1) is 17.4 Å². The van der Waals surface area contributed by atoms with Crippen LogP contribution in [0.4, 0.5) is 5.69 Å². The minimum atomic E-state index is -0.0186. The molecule has 26 heavy (non-hydrogen) atoms. The normalized spacial score (nSPS) is 10.9. The first-order chi connectivity index (χ1) is 12.6. The standard InChI is InChI=1S/C21H20Cl2N2O/c1-2-3-4-9-20(26)25-19-13-24-18-11-10-14(22)12-16(18)21(19)15-7-5-6-8-17(15)23/h5-8,10-13H,2-4,9H2,1H3,(H,25,26). The molecular formula is C21H20Cl2N2O. The van der Waals surface area contributed by atoms with Gasteiger partial charge in [-0.25, -0.2) is 0 Å². The third-order valence-corrected chi connectivity index (χ3v) is 4.82. The summed E-state index contributed by atoms with van der Waals surface area (Å²) in [5, 5.41) is 5.08. The molecule has 0 radical (unpaired) electrons. The number of nitrogens with zero attached hydrogens (tertiary/aromatic N) is 1. The average molecular weight is 387 g/mol. The van der Waals surface area contributed by atoms with Gasteiger partial charge >= 0.3 is 0 Å². The molecule has 2 aromatic carbocycles. The maximum atomic E-state index is 12.4. The third kappa shape index (κ3) is 4.17. The molecule has 0 spiro atoms. The summed E-state index contributed by atoms with van der Waals surface area (Å²) in [4.78, 5) is 16.8. The van der Waals surface area contributed by atoms with Crippen molar-refractivity contribution in [1.82, 2.24) is 4.98 Å². The van der Waals surface area contributed by atoms with E-state index >= 15 is 0 Å². The van der Waals surface area contributed by atoms with Crippen LogP contribution in [-0.4, -0.2) is 10.9 Å². The highest BCUT2D eigenvalue weighted by Crippen LogP contribution is 2.39. The Hall–Kier alpha value is -2.10. The molecule has 0 aliphatic carbocycles. The number of fused-ring (bicyclic) bond motifs is 1. The number of carbonyl (C=O) groups is 1. The molecule has 5 heteroatoms. The summed E-state index contributed by atoms with van der Waals surface area (Å²) >= 11 is 12.7. The topological polar surface area (TPSA) is 42.0 Å². The number of aromatic nitrogens is 1. The molecule has 0 fully saturated rings. The number of nitrogens with one attached hydrogen (secondary N) is 1. The summed E-state index contributed by atoms with van der Waals surface area (Å²) in [6.07, 6.45) is 5.16. The summed E-state index contributed by atoms with van der Waals surface area (Å²) in [6, 6.07) is 13.1. The minimum Gasteiger partial charge on any atom is -0.324 e. The van der Waals surface area contributed by atoms with Gasteiger partial charge in [-0.2, -0.15) is 0 Å². The van der Waals surface area contributed by atoms with Gasteiger partial charge in [0.2, 0.25) is 5.91 Å². The summed E-state index contributed by atoms with van der Waals surface area (Å²) < 4.78 is 0. The molecular weight excluding hydrogens is 367 g/mol. The summed E-state index contributed by atoms with van der Waals surface area (Å²) in [5.74, 6) is -0.0186. The number of halogens is 2. The van der Waals surface area contributed by atoms with Gasteiger partial charge in [-0.1, -0.05) is 61.2 Å². The molecule has 1 amide bonds. The van der Waals surface area contributed by atoms with Gasteiger partial charge in [0.1, 0.15) is 0 Å². The van der Waals surface area contributed by atoms with E-state index in [9.17, 15) is 4.79 Å². The predicted octanol–water partition coefficient (Wildman–Crippen LogP) is 6.73. The molecule has 0 saturated heterocycles. The van der Waals surface area contributed by atoms with Crippen LogP contribution in [0.15, 0.2) is 48.7 Å². The molecule has 3 nitrogen and oxygen atoms in total. The fourth-order valence-electron chi connectivity index (χ4n) is 2.96. The molecule has 0 aliphatic rings. The number of unbranched alkanes of at least 4 members (excludes halogenated alkanes) is 2. The molecule has 0 saturated carbocycles. The highest BCUT2D eigenvalue weighted by molar-refractivity contribution is 6.34. The first-order valence-corrected chi connectivity index (χ1v) is 9.48. The van der Waals surface area contributed by atoms with Gasteiger partial charge in [0.25, 0.3) is 0 Å². The van der Waals surface area contributed by atoms with Crippen molar-refractivity contribution in [3.63, 3.8) is 0 Å². The van der Waals surface area contributed by atoms with E-state index in [1.807, 2.05) is 36.4 Å². The number of hydrogen-bond donors (Lipinski definition) is 1. The quantitative estimate of drug-likeness (QED) is 0.477. The lowest BCUT2D eigenvalue weighted by atomic mass is 9.99. The zero-order valence-electron chi connectivity index (χ0n) is 14.6. The molecule has 134 valence electrons. The first-order valence-electron chi connectivity index (χ1n) is 8.73. The lowest BCUT2D eigenvalue weighted by molar-refractivity contribution is -0.116. The lowest BCUT2D eigenvalue weighted by Gasteiger charge is -2.15. The van der Waals surface area contributed by atoms with Crippen LogP contribution in [0, 0.1) is 0 Å². The second-order valence-electron chi connectivity index (χ2n) is 6.19. The number of anilines is 1. The van der Waals surface area contributed by atoms with E-state index < -0.39 is 0 Å². The number of rotatable bonds is 6. The predicted molar refractivity (Wildman–Crippen MR) is 110 cm³/mol. The number of amides is 1. The van der Waals surface area contributed by atoms with Crippen LogP contribution in [0.5, 0.6) is 0 Å². The van der Waals surface area contributed by atoms with Crippen molar-refractivity contribution >= 4 is 45.7 Å². The first kappa shape index (κ1) is 18.7. The van der Waals surface area contributed by atoms with Gasteiger partial charge in [-0.05, 0) is 30.7 Å². The molecule has 3 aromatic rings. The van der Waals surface area contributed by atoms with E-state index in [2.05, 4.69) is 17.2 Å². The van der Waals surface area contributed by atoms with Crippen molar-refractivity contribution in [3.8, 4) is 11.1 Å². The second kappa shape index (κ2) is 8.52. The molecule has 1 N–H and O–H groups in total. The molecule has 0 atom stereocenters. The van der Waals surface area contributed by atoms with Crippen LogP contribution < -0.4 is 5.32 Å². The number of benzene rings is 2. The Morgan fingerprint density at radius 1 is 1.12 bits per heavy atom. The van der Waals surface area contributed by atoms with Crippen molar-refractivity contribution < 1.29 is 4.79 Å². The van der Waals surface area contributed by atoms with E-state index in [1.54, 1.807) is 12.3 Å². The van der Waals surface area contributed by atoms with Gasteiger partial charge in [-0.3, -0.25) is 9.78 Å². The Morgan fingerprint density at radius 3 is 2.69 bits per heavy atom. The van der Waals surface area contributed by atoms with Crippen LogP contribution in [0.3, 0.4) is 0 Å². The zero-order valence-corrected chi connectivity index (χ0v) is 16.1. The Kier molecular flexibility index (Phi) is 6.12. The number of carbonyl (C=O) groups excluding carboxylic acids is 1. The van der Waals surface area contributed by atoms with Crippen molar-refractivity contribution in [3.05, 3.63) is 58.7 Å².